The van der Waals surface area contributed by atoms with E-state index < -0.39 is 0 Å². The molecule has 106 valence electrons. The summed E-state index contributed by atoms with van der Waals surface area (Å²) in [7, 11) is 0. The lowest BCUT2D eigenvalue weighted by Crippen LogP contribution is -2.44. The predicted molar refractivity (Wildman–Crippen MR) is 72.6 cm³/mol. The van der Waals surface area contributed by atoms with E-state index in [1.807, 2.05) is 0 Å². The maximum absolute atomic E-state index is 5.32. The van der Waals surface area contributed by atoms with Crippen LogP contribution in [0.25, 0.3) is 0 Å². The largest absolute Gasteiger partial charge is 0.339 e. The van der Waals surface area contributed by atoms with Gasteiger partial charge in [0.05, 0.1) is 6.54 Å². The number of hydrogen-bond acceptors (Lipinski definition) is 5. The van der Waals surface area contributed by atoms with Crippen LogP contribution in [0.5, 0.6) is 0 Å². The number of piperidine rings is 1. The van der Waals surface area contributed by atoms with Crippen LogP contribution in [0.3, 0.4) is 0 Å². The van der Waals surface area contributed by atoms with Crippen molar-refractivity contribution in [2.24, 2.45) is 11.8 Å². The first-order valence-corrected chi connectivity index (χ1v) is 7.48. The smallest absolute Gasteiger partial charge is 0.226 e. The Morgan fingerprint density at radius 3 is 3.16 bits per heavy atom. The first kappa shape index (κ1) is 13.1. The Bertz CT molecular complexity index is 417. The zero-order chi connectivity index (χ0) is 13.2. The lowest BCUT2D eigenvalue weighted by Gasteiger charge is -2.36. The van der Waals surface area contributed by atoms with E-state index in [4.69, 9.17) is 4.52 Å². The SMILES string of the molecule is CC(C)Cc1nc(CN2CCCC3CNCC32)no1. The molecule has 0 radical (unpaired) electrons. The zero-order valence-corrected chi connectivity index (χ0v) is 11.9. The van der Waals surface area contributed by atoms with Gasteiger partial charge >= 0.3 is 0 Å². The Kier molecular flexibility index (Phi) is 3.84. The summed E-state index contributed by atoms with van der Waals surface area (Å²) in [5.41, 5.74) is 0. The van der Waals surface area contributed by atoms with Crippen LogP contribution in [0.15, 0.2) is 4.52 Å². The van der Waals surface area contributed by atoms with Gasteiger partial charge in [-0.05, 0) is 37.8 Å². The third kappa shape index (κ3) is 2.98. The summed E-state index contributed by atoms with van der Waals surface area (Å²) in [6.07, 6.45) is 3.53. The maximum atomic E-state index is 5.32. The van der Waals surface area contributed by atoms with Crippen LogP contribution in [0.1, 0.15) is 38.4 Å². The zero-order valence-electron chi connectivity index (χ0n) is 11.9. The highest BCUT2D eigenvalue weighted by molar-refractivity contribution is 4.95. The van der Waals surface area contributed by atoms with Crippen LogP contribution in [-0.4, -0.2) is 40.7 Å². The molecule has 2 atom stereocenters. The Morgan fingerprint density at radius 1 is 1.42 bits per heavy atom. The number of nitrogens with zero attached hydrogens (tertiary/aromatic N) is 3. The lowest BCUT2D eigenvalue weighted by molar-refractivity contribution is 0.113. The van der Waals surface area contributed by atoms with Crippen LogP contribution in [0, 0.1) is 11.8 Å². The second-order valence-corrected chi connectivity index (χ2v) is 6.30. The Hall–Kier alpha value is -0.940. The topological polar surface area (TPSA) is 54.2 Å². The molecule has 0 aliphatic carbocycles. The molecule has 5 nitrogen and oxygen atoms in total. The molecule has 2 fully saturated rings. The number of nitrogens with one attached hydrogen (secondary N) is 1. The lowest BCUT2D eigenvalue weighted by atomic mass is 9.92. The van der Waals surface area contributed by atoms with Gasteiger partial charge in [0.25, 0.3) is 0 Å². The van der Waals surface area contributed by atoms with Crippen LogP contribution < -0.4 is 5.32 Å². The predicted octanol–water partition coefficient (Wildman–Crippen LogP) is 1.45. The molecule has 3 rings (SSSR count). The molecule has 0 saturated carbocycles. The summed E-state index contributed by atoms with van der Waals surface area (Å²) in [5.74, 6) is 3.01. The second-order valence-electron chi connectivity index (χ2n) is 6.30. The molecule has 2 unspecified atom stereocenters. The van der Waals surface area contributed by atoms with E-state index >= 15 is 0 Å². The molecule has 19 heavy (non-hydrogen) atoms. The van der Waals surface area contributed by atoms with Crippen LogP contribution in [0.2, 0.25) is 0 Å². The minimum Gasteiger partial charge on any atom is -0.339 e. The molecule has 1 aromatic rings. The minimum atomic E-state index is 0.562. The van der Waals surface area contributed by atoms with Gasteiger partial charge in [-0.3, -0.25) is 4.90 Å². The summed E-state index contributed by atoms with van der Waals surface area (Å²) in [6.45, 7) is 8.63. The molecule has 0 spiro atoms. The molecule has 1 N–H and O–H groups in total. The quantitative estimate of drug-likeness (QED) is 0.892. The number of likely N-dealkylation sites (tertiary alicyclic amines) is 1. The molecular formula is C14H24N4O. The number of rotatable bonds is 4. The molecular weight excluding hydrogens is 240 g/mol. The molecule has 2 saturated heterocycles. The average molecular weight is 264 g/mol. The van der Waals surface area contributed by atoms with Gasteiger partial charge in [0, 0.05) is 19.0 Å². The van der Waals surface area contributed by atoms with E-state index in [0.717, 1.165) is 43.7 Å². The van der Waals surface area contributed by atoms with Crippen molar-refractivity contribution in [2.45, 2.75) is 45.7 Å². The monoisotopic (exact) mass is 264 g/mol. The molecule has 5 heteroatoms. The van der Waals surface area contributed by atoms with Gasteiger partial charge in [-0.25, -0.2) is 0 Å². The van der Waals surface area contributed by atoms with E-state index in [-0.39, 0.29) is 0 Å². The van der Waals surface area contributed by atoms with Crippen molar-refractivity contribution in [1.29, 1.82) is 0 Å². The average Bonchev–Trinajstić information content (AvgIpc) is 2.98. The van der Waals surface area contributed by atoms with Crippen LogP contribution in [0.4, 0.5) is 0 Å². The molecule has 3 heterocycles. The molecule has 2 aliphatic rings. The fourth-order valence-corrected chi connectivity index (χ4v) is 3.33. The van der Waals surface area contributed by atoms with E-state index in [1.54, 1.807) is 0 Å². The molecule has 0 aromatic carbocycles. The number of fused-ring (bicyclic) bond motifs is 1. The molecule has 0 amide bonds. The van der Waals surface area contributed by atoms with Gasteiger partial charge < -0.3 is 9.84 Å². The summed E-state index contributed by atoms with van der Waals surface area (Å²) in [6, 6.07) is 0.667. The van der Waals surface area contributed by atoms with Gasteiger partial charge in [0.15, 0.2) is 5.82 Å². The van der Waals surface area contributed by atoms with Crippen molar-refractivity contribution in [2.75, 3.05) is 19.6 Å². The number of aromatic nitrogens is 2. The minimum absolute atomic E-state index is 0.562. The maximum Gasteiger partial charge on any atom is 0.226 e. The van der Waals surface area contributed by atoms with Gasteiger partial charge in [0.1, 0.15) is 0 Å². The van der Waals surface area contributed by atoms with Gasteiger partial charge in [0.2, 0.25) is 5.89 Å². The molecule has 2 aliphatic heterocycles. The standard InChI is InChI=1S/C14H24N4O/c1-10(2)6-14-16-13(17-19-14)9-18-5-3-4-11-7-15-8-12(11)18/h10-12,15H,3-9H2,1-2H3. The summed E-state index contributed by atoms with van der Waals surface area (Å²) >= 11 is 0. The van der Waals surface area contributed by atoms with Gasteiger partial charge in [-0.15, -0.1) is 0 Å². The first-order valence-electron chi connectivity index (χ1n) is 7.48. The van der Waals surface area contributed by atoms with E-state index in [0.29, 0.717) is 12.0 Å². The third-order valence-electron chi connectivity index (χ3n) is 4.23. The fraction of sp³-hybridized carbons (Fsp3) is 0.857. The molecule has 1 aromatic heterocycles. The highest BCUT2D eigenvalue weighted by atomic mass is 16.5. The summed E-state index contributed by atoms with van der Waals surface area (Å²) in [5, 5.41) is 7.63. The summed E-state index contributed by atoms with van der Waals surface area (Å²) < 4.78 is 5.32. The highest BCUT2D eigenvalue weighted by Crippen LogP contribution is 2.27. The Morgan fingerprint density at radius 2 is 2.32 bits per heavy atom. The van der Waals surface area contributed by atoms with Crippen molar-refractivity contribution in [3.8, 4) is 0 Å². The van der Waals surface area contributed by atoms with E-state index in [1.165, 1.54) is 19.4 Å². The van der Waals surface area contributed by atoms with Crippen molar-refractivity contribution in [3.63, 3.8) is 0 Å². The van der Waals surface area contributed by atoms with E-state index in [2.05, 4.69) is 34.2 Å². The fourth-order valence-electron chi connectivity index (χ4n) is 3.33. The van der Waals surface area contributed by atoms with Crippen molar-refractivity contribution < 1.29 is 4.52 Å². The Balaban J connectivity index is 1.62. The van der Waals surface area contributed by atoms with Crippen LogP contribution in [-0.2, 0) is 13.0 Å². The van der Waals surface area contributed by atoms with Crippen LogP contribution >= 0.6 is 0 Å². The first-order chi connectivity index (χ1) is 9.22. The van der Waals surface area contributed by atoms with Crippen molar-refractivity contribution in [1.82, 2.24) is 20.4 Å². The number of hydrogen-bond donors (Lipinski definition) is 1. The third-order valence-corrected chi connectivity index (χ3v) is 4.23. The summed E-state index contributed by atoms with van der Waals surface area (Å²) in [4.78, 5) is 7.04. The normalized spacial score (nSPS) is 27.9. The second kappa shape index (κ2) is 5.59. The van der Waals surface area contributed by atoms with Gasteiger partial charge in [-0.2, -0.15) is 4.98 Å². The Labute approximate surface area is 114 Å². The van der Waals surface area contributed by atoms with E-state index in [9.17, 15) is 0 Å². The van der Waals surface area contributed by atoms with Gasteiger partial charge in [-0.1, -0.05) is 19.0 Å². The molecule has 0 bridgehead atoms. The van der Waals surface area contributed by atoms with Crippen molar-refractivity contribution >= 4 is 0 Å². The highest BCUT2D eigenvalue weighted by Gasteiger charge is 2.35. The van der Waals surface area contributed by atoms with Crippen molar-refractivity contribution in [3.05, 3.63) is 11.7 Å².